The van der Waals surface area contributed by atoms with Gasteiger partial charge in [0.1, 0.15) is 23.3 Å². The minimum Gasteiger partial charge on any atom is -0.494 e. The van der Waals surface area contributed by atoms with Crippen molar-refractivity contribution in [2.45, 2.75) is 134 Å². The summed E-state index contributed by atoms with van der Waals surface area (Å²) >= 11 is 0. The maximum absolute atomic E-state index is 14.9. The van der Waals surface area contributed by atoms with Gasteiger partial charge in [0.05, 0.1) is 43.6 Å². The van der Waals surface area contributed by atoms with Crippen LogP contribution in [0.4, 0.5) is 13.2 Å². The maximum atomic E-state index is 14.9. The molecule has 2 aromatic rings. The Balaban J connectivity index is 1.35. The number of fused-ring (bicyclic) bond motifs is 3. The van der Waals surface area contributed by atoms with Crippen molar-refractivity contribution in [2.75, 3.05) is 20.3 Å². The Bertz CT molecular complexity index is 2020. The van der Waals surface area contributed by atoms with E-state index in [1.54, 1.807) is 12.1 Å². The number of esters is 1. The normalized spacial score (nSPS) is 29.4. The van der Waals surface area contributed by atoms with E-state index in [1.165, 1.54) is 18.2 Å². The molecule has 7 atom stereocenters. The number of methoxy groups -OCH3 is 1. The molecule has 1 N–H and O–H groups in total. The van der Waals surface area contributed by atoms with Crippen LogP contribution in [0.5, 0.6) is 11.6 Å². The number of carbonyl (C=O) groups excluding carboxylic acids is 4. The highest BCUT2D eigenvalue weighted by Gasteiger charge is 2.64. The van der Waals surface area contributed by atoms with Gasteiger partial charge in [-0.3, -0.25) is 23.9 Å². The van der Waals surface area contributed by atoms with Gasteiger partial charge in [-0.05, 0) is 69.8 Å². The zero-order valence-corrected chi connectivity index (χ0v) is 35.0. The quantitative estimate of drug-likeness (QED) is 0.241. The van der Waals surface area contributed by atoms with E-state index in [0.717, 1.165) is 32.1 Å². The standard InChI is InChI=1S/C42H56F3N3O9S/c1-25-11-7-8-12-27-20-42(27,38(52)47-58(53,54)41(24-43)15-16-41)21-33(49)32-18-28(56-36-30-14-10-9-13-29(30)34(55-6)22-46-36)23-48(32)37(51)31(26(2)17-25)19-35(50)57-39(3,4)40(5,44)45/h9-10,13-14,22,25-28,31-32H,7-8,11-12,15-21,23-24H2,1-6H3,(H,47,52)/t25-,26+,27+,28+,31-,32-,42+/m0/s1. The minimum atomic E-state index is -4.37. The summed E-state index contributed by atoms with van der Waals surface area (Å²) in [6.07, 6.45) is 3.59. The third-order valence-electron chi connectivity index (χ3n) is 13.3. The number of aromatic nitrogens is 1. The van der Waals surface area contributed by atoms with Gasteiger partial charge in [-0.1, -0.05) is 51.3 Å². The molecule has 2 saturated carbocycles. The number of carbonyl (C=O) groups is 4. The lowest BCUT2D eigenvalue weighted by atomic mass is 9.81. The molecule has 1 aromatic heterocycles. The van der Waals surface area contributed by atoms with E-state index in [9.17, 15) is 40.8 Å². The zero-order valence-electron chi connectivity index (χ0n) is 34.2. The number of amides is 2. The van der Waals surface area contributed by atoms with E-state index in [-0.39, 0.29) is 56.4 Å². The first-order valence-corrected chi connectivity index (χ1v) is 21.8. The van der Waals surface area contributed by atoms with Gasteiger partial charge in [0.2, 0.25) is 27.7 Å². The molecule has 4 aliphatic rings. The van der Waals surface area contributed by atoms with Crippen LogP contribution in [-0.4, -0.2) is 90.6 Å². The molecule has 320 valence electrons. The highest BCUT2D eigenvalue weighted by Crippen LogP contribution is 2.59. The number of ketones is 1. The van der Waals surface area contributed by atoms with E-state index in [0.29, 0.717) is 37.3 Å². The van der Waals surface area contributed by atoms with Crippen LogP contribution in [0.25, 0.3) is 10.8 Å². The van der Waals surface area contributed by atoms with Crippen LogP contribution in [0.2, 0.25) is 0 Å². The third-order valence-corrected chi connectivity index (χ3v) is 15.4. The van der Waals surface area contributed by atoms with Crippen molar-refractivity contribution in [3.8, 4) is 11.6 Å². The molecule has 6 rings (SSSR count). The van der Waals surface area contributed by atoms with Gasteiger partial charge in [0.15, 0.2) is 11.4 Å². The fourth-order valence-electron chi connectivity index (χ4n) is 8.84. The first-order valence-electron chi connectivity index (χ1n) is 20.3. The van der Waals surface area contributed by atoms with Crippen molar-refractivity contribution in [1.29, 1.82) is 0 Å². The first-order chi connectivity index (χ1) is 27.2. The molecule has 2 aliphatic heterocycles. The summed E-state index contributed by atoms with van der Waals surface area (Å²) in [5.74, 6) is -7.18. The number of pyridine rings is 1. The Morgan fingerprint density at radius 1 is 1.03 bits per heavy atom. The Labute approximate surface area is 338 Å². The van der Waals surface area contributed by atoms with Crippen LogP contribution in [0.15, 0.2) is 30.5 Å². The number of alkyl halides is 3. The second-order valence-corrected chi connectivity index (χ2v) is 20.0. The van der Waals surface area contributed by atoms with Crippen molar-refractivity contribution < 1.29 is 55.0 Å². The number of rotatable bonds is 11. The summed E-state index contributed by atoms with van der Waals surface area (Å²) in [6, 6.07) is 6.13. The number of benzene rings is 1. The molecule has 12 nitrogen and oxygen atoms in total. The fraction of sp³-hybridized carbons (Fsp3) is 0.690. The maximum Gasteiger partial charge on any atom is 0.307 e. The lowest BCUT2D eigenvalue weighted by molar-refractivity contribution is -0.197. The average molecular weight is 836 g/mol. The molecule has 2 amide bonds. The number of hydrogen-bond acceptors (Lipinski definition) is 10. The molecule has 58 heavy (non-hydrogen) atoms. The summed E-state index contributed by atoms with van der Waals surface area (Å²) in [6.45, 7) is 5.50. The predicted molar refractivity (Wildman–Crippen MR) is 208 cm³/mol. The number of Topliss-reactive ketones (excluding diaryl/α,β-unsaturated/α-hetero) is 1. The van der Waals surface area contributed by atoms with Crippen molar-refractivity contribution in [3.05, 3.63) is 30.5 Å². The van der Waals surface area contributed by atoms with E-state index in [4.69, 9.17) is 14.2 Å². The number of nitrogens with zero attached hydrogens (tertiary/aromatic N) is 2. The molecule has 3 heterocycles. The van der Waals surface area contributed by atoms with Crippen LogP contribution in [0, 0.1) is 29.1 Å². The molecule has 0 unspecified atom stereocenters. The molecule has 16 heteroatoms. The predicted octanol–water partition coefficient (Wildman–Crippen LogP) is 6.72. The number of ether oxygens (including phenoxy) is 3. The van der Waals surface area contributed by atoms with E-state index in [2.05, 4.69) is 9.71 Å². The fourth-order valence-corrected chi connectivity index (χ4v) is 10.3. The van der Waals surface area contributed by atoms with Crippen molar-refractivity contribution in [3.63, 3.8) is 0 Å². The monoisotopic (exact) mass is 835 g/mol. The number of sulfonamides is 1. The van der Waals surface area contributed by atoms with Crippen LogP contribution >= 0.6 is 0 Å². The highest BCUT2D eigenvalue weighted by molar-refractivity contribution is 7.91. The molecule has 2 saturated heterocycles. The molecule has 4 fully saturated rings. The lowest BCUT2D eigenvalue weighted by Gasteiger charge is -2.34. The second kappa shape index (κ2) is 16.2. The van der Waals surface area contributed by atoms with Crippen LogP contribution < -0.4 is 14.2 Å². The number of halogens is 3. The Kier molecular flexibility index (Phi) is 12.2. The van der Waals surface area contributed by atoms with E-state index >= 15 is 0 Å². The van der Waals surface area contributed by atoms with Crippen LogP contribution in [-0.2, 0) is 33.9 Å². The second-order valence-electron chi connectivity index (χ2n) is 17.9. The summed E-state index contributed by atoms with van der Waals surface area (Å²) in [7, 11) is -2.85. The van der Waals surface area contributed by atoms with Crippen LogP contribution in [0.1, 0.15) is 105 Å². The van der Waals surface area contributed by atoms with E-state index in [1.807, 2.05) is 26.0 Å². The minimum absolute atomic E-state index is 0.00469. The molecular formula is C42H56F3N3O9S. The summed E-state index contributed by atoms with van der Waals surface area (Å²) in [5.41, 5.74) is -3.54. The Morgan fingerprint density at radius 2 is 1.71 bits per heavy atom. The topological polar surface area (TPSA) is 158 Å². The third kappa shape index (κ3) is 8.67. The van der Waals surface area contributed by atoms with Gasteiger partial charge in [-0.15, -0.1) is 0 Å². The van der Waals surface area contributed by atoms with Crippen LogP contribution in [0.3, 0.4) is 0 Å². The smallest absolute Gasteiger partial charge is 0.307 e. The molecule has 2 aliphatic carbocycles. The van der Waals surface area contributed by atoms with Gasteiger partial charge in [0.25, 0.3) is 5.92 Å². The van der Waals surface area contributed by atoms with Gasteiger partial charge >= 0.3 is 5.97 Å². The largest absolute Gasteiger partial charge is 0.494 e. The SMILES string of the molecule is COc1cnc(O[C@@H]2C[C@H]3C(=O)C[C@]4(C(=O)NS(=O)(=O)C5(CF)CC5)C[C@H]4CCCC[C@H](C)C[C@@H](C)[C@H](CC(=O)OC(C)(C)C(C)(F)F)C(=O)N3C2)c2ccccc12. The number of nitrogens with one attached hydrogen (secondary N) is 1. The summed E-state index contributed by atoms with van der Waals surface area (Å²) < 4.78 is 86.9. The molecular weight excluding hydrogens is 780 g/mol. The first kappa shape index (κ1) is 43.6. The van der Waals surface area contributed by atoms with Crippen molar-refractivity contribution in [2.24, 2.45) is 29.1 Å². The highest BCUT2D eigenvalue weighted by atomic mass is 32.2. The van der Waals surface area contributed by atoms with Gasteiger partial charge in [0, 0.05) is 30.5 Å². The van der Waals surface area contributed by atoms with Gasteiger partial charge in [-0.2, -0.15) is 0 Å². The van der Waals surface area contributed by atoms with Crippen molar-refractivity contribution in [1.82, 2.24) is 14.6 Å². The van der Waals surface area contributed by atoms with Gasteiger partial charge < -0.3 is 19.1 Å². The Morgan fingerprint density at radius 3 is 2.34 bits per heavy atom. The molecule has 0 spiro atoms. The zero-order chi connectivity index (χ0) is 42.4. The Hall–Kier alpha value is -3.95. The van der Waals surface area contributed by atoms with Crippen molar-refractivity contribution >= 4 is 44.4 Å². The molecule has 0 bridgehead atoms. The molecule has 1 aromatic carbocycles. The average Bonchev–Trinajstić information content (AvgIpc) is 4.06. The molecule has 0 radical (unpaired) electrons. The summed E-state index contributed by atoms with van der Waals surface area (Å²) in [5, 5.41) is 1.35. The van der Waals surface area contributed by atoms with E-state index < -0.39 is 92.4 Å². The lowest BCUT2D eigenvalue weighted by Crippen LogP contribution is -2.49. The number of hydrogen-bond donors (Lipinski definition) is 1. The summed E-state index contributed by atoms with van der Waals surface area (Å²) in [4.78, 5) is 62.8. The van der Waals surface area contributed by atoms with Gasteiger partial charge in [-0.25, -0.2) is 26.6 Å².